The van der Waals surface area contributed by atoms with Gasteiger partial charge in [-0.05, 0) is 48.6 Å². The van der Waals surface area contributed by atoms with Crippen molar-refractivity contribution in [3.05, 3.63) is 29.8 Å². The van der Waals surface area contributed by atoms with E-state index in [1.165, 1.54) is 16.9 Å². The summed E-state index contributed by atoms with van der Waals surface area (Å²) in [6.45, 7) is 5.06. The van der Waals surface area contributed by atoms with Crippen molar-refractivity contribution in [2.75, 3.05) is 12.8 Å². The van der Waals surface area contributed by atoms with Gasteiger partial charge in [0.2, 0.25) is 5.91 Å². The summed E-state index contributed by atoms with van der Waals surface area (Å²) in [5.74, 6) is 1.55. The molecule has 1 amide bonds. The van der Waals surface area contributed by atoms with Crippen molar-refractivity contribution in [3.8, 4) is 0 Å². The quantitative estimate of drug-likeness (QED) is 0.870. The van der Waals surface area contributed by atoms with E-state index in [9.17, 15) is 4.79 Å². The minimum atomic E-state index is 0.0474. The fraction of sp³-hybridized carbons (Fsp3) is 0.588. The van der Waals surface area contributed by atoms with Gasteiger partial charge in [0.05, 0.1) is 6.54 Å². The molecule has 0 bridgehead atoms. The van der Waals surface area contributed by atoms with Gasteiger partial charge in [-0.15, -0.1) is 11.8 Å². The first-order valence-corrected chi connectivity index (χ1v) is 9.02. The van der Waals surface area contributed by atoms with Gasteiger partial charge >= 0.3 is 0 Å². The standard InChI is InChI=1S/C17H24N2OS/c1-11-4-9-15(12(11)2)19-16(20)10-18-17(19)13-5-7-14(21-3)8-6-13/h5-8,11-12,15,17-18H,4,9-10H2,1-3H3. The molecule has 1 N–H and O–H groups in total. The van der Waals surface area contributed by atoms with Crippen molar-refractivity contribution >= 4 is 17.7 Å². The molecule has 0 radical (unpaired) electrons. The van der Waals surface area contributed by atoms with Gasteiger partial charge in [-0.25, -0.2) is 0 Å². The molecule has 1 aromatic carbocycles. The van der Waals surface area contributed by atoms with Crippen LogP contribution in [0.1, 0.15) is 38.4 Å². The molecule has 0 spiro atoms. The maximum absolute atomic E-state index is 12.4. The highest BCUT2D eigenvalue weighted by atomic mass is 32.2. The highest BCUT2D eigenvalue weighted by Gasteiger charge is 2.42. The van der Waals surface area contributed by atoms with Crippen LogP contribution in [0.25, 0.3) is 0 Å². The van der Waals surface area contributed by atoms with Gasteiger partial charge in [0.25, 0.3) is 0 Å². The summed E-state index contributed by atoms with van der Waals surface area (Å²) in [6, 6.07) is 8.97. The zero-order chi connectivity index (χ0) is 15.0. The molecule has 1 heterocycles. The highest BCUT2D eigenvalue weighted by Crippen LogP contribution is 2.39. The van der Waals surface area contributed by atoms with Gasteiger partial charge in [0, 0.05) is 10.9 Å². The van der Waals surface area contributed by atoms with Gasteiger partial charge in [-0.3, -0.25) is 10.1 Å². The van der Waals surface area contributed by atoms with E-state index < -0.39 is 0 Å². The zero-order valence-corrected chi connectivity index (χ0v) is 13.8. The Bertz CT molecular complexity index is 516. The molecule has 1 saturated heterocycles. The minimum absolute atomic E-state index is 0.0474. The second kappa shape index (κ2) is 6.01. The summed E-state index contributed by atoms with van der Waals surface area (Å²) in [5.41, 5.74) is 1.20. The third-order valence-electron chi connectivity index (χ3n) is 5.22. The Morgan fingerprint density at radius 1 is 1.19 bits per heavy atom. The SMILES string of the molecule is CSc1ccc(C2NCC(=O)N2C2CCC(C)C2C)cc1. The van der Waals surface area contributed by atoms with Crippen LogP contribution in [-0.4, -0.2) is 29.6 Å². The predicted molar refractivity (Wildman–Crippen MR) is 87.2 cm³/mol. The van der Waals surface area contributed by atoms with E-state index in [0.717, 1.165) is 6.42 Å². The molecule has 114 valence electrons. The van der Waals surface area contributed by atoms with Crippen LogP contribution in [0.5, 0.6) is 0 Å². The molecule has 3 rings (SSSR count). The van der Waals surface area contributed by atoms with E-state index in [1.807, 2.05) is 0 Å². The first-order chi connectivity index (χ1) is 10.1. The molecule has 1 aliphatic heterocycles. The zero-order valence-electron chi connectivity index (χ0n) is 13.0. The number of thioether (sulfide) groups is 1. The van der Waals surface area contributed by atoms with Crippen LogP contribution < -0.4 is 5.32 Å². The van der Waals surface area contributed by atoms with Crippen molar-refractivity contribution in [2.24, 2.45) is 11.8 Å². The normalized spacial score (nSPS) is 32.9. The van der Waals surface area contributed by atoms with Gasteiger partial charge in [-0.2, -0.15) is 0 Å². The van der Waals surface area contributed by atoms with Crippen LogP contribution in [0.3, 0.4) is 0 Å². The second-order valence-corrected chi connectivity index (χ2v) is 7.22. The van der Waals surface area contributed by atoms with E-state index in [2.05, 4.69) is 54.6 Å². The van der Waals surface area contributed by atoms with E-state index in [1.54, 1.807) is 11.8 Å². The van der Waals surface area contributed by atoms with Crippen LogP contribution in [0.15, 0.2) is 29.2 Å². The van der Waals surface area contributed by atoms with E-state index in [4.69, 9.17) is 0 Å². The van der Waals surface area contributed by atoms with Gasteiger partial charge in [-0.1, -0.05) is 26.0 Å². The summed E-state index contributed by atoms with van der Waals surface area (Å²) >= 11 is 1.75. The Hall–Kier alpha value is -1.00. The number of amides is 1. The van der Waals surface area contributed by atoms with Crippen molar-refractivity contribution in [1.82, 2.24) is 10.2 Å². The molecular formula is C17H24N2OS. The Morgan fingerprint density at radius 2 is 1.90 bits per heavy atom. The van der Waals surface area contributed by atoms with Crippen LogP contribution in [0.2, 0.25) is 0 Å². The molecule has 4 heteroatoms. The first-order valence-electron chi connectivity index (χ1n) is 7.80. The third-order valence-corrected chi connectivity index (χ3v) is 5.97. The summed E-state index contributed by atoms with van der Waals surface area (Å²) in [7, 11) is 0. The average molecular weight is 304 g/mol. The van der Waals surface area contributed by atoms with Crippen LogP contribution in [0.4, 0.5) is 0 Å². The number of rotatable bonds is 3. The lowest BCUT2D eigenvalue weighted by molar-refractivity contribution is -0.131. The molecule has 3 nitrogen and oxygen atoms in total. The van der Waals surface area contributed by atoms with Gasteiger partial charge < -0.3 is 4.90 Å². The van der Waals surface area contributed by atoms with E-state index in [0.29, 0.717) is 24.4 Å². The lowest BCUT2D eigenvalue weighted by atomic mass is 9.96. The van der Waals surface area contributed by atoms with Gasteiger partial charge in [0.1, 0.15) is 6.17 Å². The number of hydrogen-bond donors (Lipinski definition) is 1. The maximum Gasteiger partial charge on any atom is 0.238 e. The topological polar surface area (TPSA) is 32.3 Å². The maximum atomic E-state index is 12.4. The summed E-state index contributed by atoms with van der Waals surface area (Å²) < 4.78 is 0. The fourth-order valence-corrected chi connectivity index (χ4v) is 4.10. The average Bonchev–Trinajstić information content (AvgIpc) is 3.03. The molecule has 1 saturated carbocycles. The third kappa shape index (κ3) is 2.71. The van der Waals surface area contributed by atoms with Crippen molar-refractivity contribution in [3.63, 3.8) is 0 Å². The first kappa shape index (κ1) is 14.9. The number of nitrogens with zero attached hydrogens (tertiary/aromatic N) is 1. The smallest absolute Gasteiger partial charge is 0.238 e. The van der Waals surface area contributed by atoms with Gasteiger partial charge in [0.15, 0.2) is 0 Å². The summed E-state index contributed by atoms with van der Waals surface area (Å²) in [5, 5.41) is 3.39. The minimum Gasteiger partial charge on any atom is -0.319 e. The molecule has 2 fully saturated rings. The number of carbonyl (C=O) groups is 1. The molecule has 1 aliphatic carbocycles. The lowest BCUT2D eigenvalue weighted by Gasteiger charge is -2.34. The molecular weight excluding hydrogens is 280 g/mol. The lowest BCUT2D eigenvalue weighted by Crippen LogP contribution is -2.41. The molecule has 1 aromatic rings. The number of nitrogens with one attached hydrogen (secondary N) is 1. The molecule has 2 aliphatic rings. The summed E-state index contributed by atoms with van der Waals surface area (Å²) in [6.07, 6.45) is 4.49. The van der Waals surface area contributed by atoms with Crippen molar-refractivity contribution < 1.29 is 4.79 Å². The van der Waals surface area contributed by atoms with E-state index in [-0.39, 0.29) is 12.1 Å². The Balaban J connectivity index is 1.85. The Labute approximate surface area is 131 Å². The van der Waals surface area contributed by atoms with Crippen LogP contribution >= 0.6 is 11.8 Å². The largest absolute Gasteiger partial charge is 0.319 e. The molecule has 0 aromatic heterocycles. The van der Waals surface area contributed by atoms with Crippen LogP contribution in [-0.2, 0) is 4.79 Å². The predicted octanol–water partition coefficient (Wildman–Crippen LogP) is 3.27. The highest BCUT2D eigenvalue weighted by molar-refractivity contribution is 7.98. The number of carbonyl (C=O) groups excluding carboxylic acids is 1. The molecule has 21 heavy (non-hydrogen) atoms. The number of hydrogen-bond acceptors (Lipinski definition) is 3. The van der Waals surface area contributed by atoms with Crippen LogP contribution in [0, 0.1) is 11.8 Å². The monoisotopic (exact) mass is 304 g/mol. The molecule has 4 unspecified atom stereocenters. The molecule has 4 atom stereocenters. The van der Waals surface area contributed by atoms with Crippen molar-refractivity contribution in [1.29, 1.82) is 0 Å². The Kier molecular flexibility index (Phi) is 4.27. The Morgan fingerprint density at radius 3 is 2.48 bits per heavy atom. The second-order valence-electron chi connectivity index (χ2n) is 6.34. The fourth-order valence-electron chi connectivity index (χ4n) is 3.69. The summed E-state index contributed by atoms with van der Waals surface area (Å²) in [4.78, 5) is 15.8. The number of benzene rings is 1. The van der Waals surface area contributed by atoms with Crippen molar-refractivity contribution in [2.45, 2.75) is 43.8 Å². The van der Waals surface area contributed by atoms with E-state index >= 15 is 0 Å².